The number of amides is 2. The van der Waals surface area contributed by atoms with Gasteiger partial charge in [0.15, 0.2) is 5.11 Å². The smallest absolute Gasteiger partial charge is 0.251 e. The predicted molar refractivity (Wildman–Crippen MR) is 90.7 cm³/mol. The highest BCUT2D eigenvalue weighted by Gasteiger charge is 2.30. The van der Waals surface area contributed by atoms with E-state index in [4.69, 9.17) is 12.2 Å². The molecule has 0 heterocycles. The molecule has 22 heavy (non-hydrogen) atoms. The lowest BCUT2D eigenvalue weighted by Gasteiger charge is -2.20. The molecule has 0 bridgehead atoms. The molecule has 3 N–H and O–H groups in total. The highest BCUT2D eigenvalue weighted by Crippen LogP contribution is 2.28. The van der Waals surface area contributed by atoms with Crippen molar-refractivity contribution in [2.75, 3.05) is 5.32 Å². The summed E-state index contributed by atoms with van der Waals surface area (Å²) in [5.74, 6) is -0.0909. The molecule has 0 unspecified atom stereocenters. The molecule has 0 spiro atoms. The first-order chi connectivity index (χ1) is 10.2. The van der Waals surface area contributed by atoms with Gasteiger partial charge in [0.05, 0.1) is 0 Å². The second-order valence-corrected chi connectivity index (χ2v) is 6.91. The molecule has 1 aliphatic carbocycles. The summed E-state index contributed by atoms with van der Waals surface area (Å²) >= 11 is 5.11. The molecule has 118 valence electrons. The molecular formula is C16H21N3O2S. The minimum Gasteiger partial charge on any atom is -0.347 e. The van der Waals surface area contributed by atoms with Gasteiger partial charge in [0.1, 0.15) is 0 Å². The van der Waals surface area contributed by atoms with Crippen molar-refractivity contribution in [1.82, 2.24) is 10.6 Å². The van der Waals surface area contributed by atoms with Crippen molar-refractivity contribution in [3.8, 4) is 0 Å². The number of thiocarbonyl (C=S) groups is 1. The van der Waals surface area contributed by atoms with Crippen LogP contribution in [0.1, 0.15) is 44.0 Å². The van der Waals surface area contributed by atoms with Gasteiger partial charge in [-0.1, -0.05) is 6.07 Å². The Balaban J connectivity index is 1.97. The molecule has 1 aliphatic rings. The fourth-order valence-corrected chi connectivity index (χ4v) is 2.09. The Morgan fingerprint density at radius 1 is 1.23 bits per heavy atom. The molecule has 1 fully saturated rings. The quantitative estimate of drug-likeness (QED) is 0.749. The second-order valence-electron chi connectivity index (χ2n) is 6.50. The summed E-state index contributed by atoms with van der Waals surface area (Å²) in [4.78, 5) is 23.8. The van der Waals surface area contributed by atoms with Gasteiger partial charge in [-0.3, -0.25) is 9.59 Å². The molecular weight excluding hydrogens is 298 g/mol. The zero-order valence-corrected chi connectivity index (χ0v) is 13.8. The van der Waals surface area contributed by atoms with E-state index in [0.717, 1.165) is 12.8 Å². The molecule has 0 aliphatic heterocycles. The molecule has 0 atom stereocenters. The number of anilines is 1. The molecule has 1 aromatic carbocycles. The lowest BCUT2D eigenvalue weighted by atomic mass is 10.1. The second kappa shape index (κ2) is 6.44. The number of nitrogens with one attached hydrogen (secondary N) is 3. The summed E-state index contributed by atoms with van der Waals surface area (Å²) in [7, 11) is 0. The van der Waals surface area contributed by atoms with E-state index in [1.165, 1.54) is 0 Å². The maximum Gasteiger partial charge on any atom is 0.251 e. The van der Waals surface area contributed by atoms with Crippen LogP contribution in [0.25, 0.3) is 0 Å². The van der Waals surface area contributed by atoms with Crippen LogP contribution >= 0.6 is 12.2 Å². The van der Waals surface area contributed by atoms with Crippen LogP contribution in [-0.2, 0) is 4.79 Å². The van der Waals surface area contributed by atoms with Gasteiger partial charge < -0.3 is 16.0 Å². The van der Waals surface area contributed by atoms with Crippen LogP contribution in [0, 0.1) is 5.92 Å². The number of carbonyl (C=O) groups is 2. The van der Waals surface area contributed by atoms with Crippen molar-refractivity contribution in [3.05, 3.63) is 29.8 Å². The fourth-order valence-electron chi connectivity index (χ4n) is 1.87. The van der Waals surface area contributed by atoms with Crippen molar-refractivity contribution < 1.29 is 9.59 Å². The van der Waals surface area contributed by atoms with Crippen molar-refractivity contribution in [3.63, 3.8) is 0 Å². The monoisotopic (exact) mass is 319 g/mol. The number of hydrogen-bond donors (Lipinski definition) is 3. The molecule has 6 heteroatoms. The summed E-state index contributed by atoms with van der Waals surface area (Å²) < 4.78 is 0. The summed E-state index contributed by atoms with van der Waals surface area (Å²) in [6.07, 6.45) is 1.85. The van der Waals surface area contributed by atoms with Crippen LogP contribution in [0.3, 0.4) is 0 Å². The van der Waals surface area contributed by atoms with Gasteiger partial charge in [0.2, 0.25) is 5.91 Å². The van der Waals surface area contributed by atoms with E-state index in [1.807, 2.05) is 20.8 Å². The standard InChI is InChI=1S/C16H21N3O2S/c1-16(2,3)19-14(21)11-5-4-6-12(9-11)17-15(22)18-13(20)10-7-8-10/h4-6,9-10H,7-8H2,1-3H3,(H,19,21)(H2,17,18,20,22). The lowest BCUT2D eigenvalue weighted by Crippen LogP contribution is -2.40. The van der Waals surface area contributed by atoms with Crippen LogP contribution in [0.4, 0.5) is 5.69 Å². The maximum atomic E-state index is 12.1. The van der Waals surface area contributed by atoms with E-state index in [9.17, 15) is 9.59 Å². The molecule has 1 aromatic rings. The van der Waals surface area contributed by atoms with Gasteiger partial charge in [-0.2, -0.15) is 0 Å². The van der Waals surface area contributed by atoms with Gasteiger partial charge in [0, 0.05) is 22.7 Å². The molecule has 0 radical (unpaired) electrons. The van der Waals surface area contributed by atoms with Gasteiger partial charge in [-0.25, -0.2) is 0 Å². The summed E-state index contributed by atoms with van der Waals surface area (Å²) in [6.45, 7) is 5.78. The van der Waals surface area contributed by atoms with Crippen LogP contribution in [0.5, 0.6) is 0 Å². The van der Waals surface area contributed by atoms with E-state index in [2.05, 4.69) is 16.0 Å². The van der Waals surface area contributed by atoms with E-state index >= 15 is 0 Å². The molecule has 0 saturated heterocycles. The van der Waals surface area contributed by atoms with E-state index in [0.29, 0.717) is 11.3 Å². The maximum absolute atomic E-state index is 12.1. The van der Waals surface area contributed by atoms with Crippen LogP contribution in [0.15, 0.2) is 24.3 Å². The molecule has 0 aromatic heterocycles. The van der Waals surface area contributed by atoms with Gasteiger partial charge in [0.25, 0.3) is 5.91 Å². The third-order valence-corrected chi connectivity index (χ3v) is 3.26. The molecule has 2 rings (SSSR count). The minimum absolute atomic E-state index is 0.0425. The van der Waals surface area contributed by atoms with Crippen molar-refractivity contribution >= 4 is 34.8 Å². The zero-order valence-electron chi connectivity index (χ0n) is 13.0. The number of benzene rings is 1. The van der Waals surface area contributed by atoms with Crippen molar-refractivity contribution in [1.29, 1.82) is 0 Å². The van der Waals surface area contributed by atoms with Crippen LogP contribution in [-0.4, -0.2) is 22.5 Å². The number of carbonyl (C=O) groups excluding carboxylic acids is 2. The summed E-state index contributed by atoms with van der Waals surface area (Å²) in [6, 6.07) is 7.00. The van der Waals surface area contributed by atoms with E-state index in [1.54, 1.807) is 24.3 Å². The normalized spacial score (nSPS) is 14.1. The topological polar surface area (TPSA) is 70.2 Å². The Morgan fingerprint density at radius 2 is 1.91 bits per heavy atom. The van der Waals surface area contributed by atoms with Crippen molar-refractivity contribution in [2.24, 2.45) is 5.92 Å². The number of hydrogen-bond acceptors (Lipinski definition) is 3. The highest BCUT2D eigenvalue weighted by molar-refractivity contribution is 7.80. The summed E-state index contributed by atoms with van der Waals surface area (Å²) in [5.41, 5.74) is 0.910. The first kappa shape index (κ1) is 16.4. The largest absolute Gasteiger partial charge is 0.347 e. The SMILES string of the molecule is CC(C)(C)NC(=O)c1cccc(NC(=S)NC(=O)C2CC2)c1. The van der Waals surface area contributed by atoms with E-state index in [-0.39, 0.29) is 28.4 Å². The van der Waals surface area contributed by atoms with Crippen molar-refractivity contribution in [2.45, 2.75) is 39.2 Å². The fraction of sp³-hybridized carbons (Fsp3) is 0.438. The van der Waals surface area contributed by atoms with E-state index < -0.39 is 0 Å². The third kappa shape index (κ3) is 5.11. The van der Waals surface area contributed by atoms with Gasteiger partial charge in [-0.05, 0) is 64.0 Å². The average molecular weight is 319 g/mol. The average Bonchev–Trinajstić information content (AvgIpc) is 3.20. The Labute approximate surface area is 135 Å². The van der Waals surface area contributed by atoms with Crippen LogP contribution in [0.2, 0.25) is 0 Å². The minimum atomic E-state index is -0.298. The summed E-state index contributed by atoms with van der Waals surface area (Å²) in [5, 5.41) is 8.75. The number of rotatable bonds is 3. The Morgan fingerprint density at radius 3 is 2.50 bits per heavy atom. The molecule has 1 saturated carbocycles. The Bertz CT molecular complexity index is 604. The third-order valence-electron chi connectivity index (χ3n) is 3.06. The first-order valence-electron chi connectivity index (χ1n) is 7.29. The zero-order chi connectivity index (χ0) is 16.3. The first-order valence-corrected chi connectivity index (χ1v) is 7.70. The van der Waals surface area contributed by atoms with Crippen LogP contribution < -0.4 is 16.0 Å². The predicted octanol–water partition coefficient (Wildman–Crippen LogP) is 2.44. The Hall–Kier alpha value is -1.95. The Kier molecular flexibility index (Phi) is 4.81. The van der Waals surface area contributed by atoms with Gasteiger partial charge in [-0.15, -0.1) is 0 Å². The molecule has 2 amide bonds. The lowest BCUT2D eigenvalue weighted by molar-refractivity contribution is -0.120. The van der Waals surface area contributed by atoms with Gasteiger partial charge >= 0.3 is 0 Å². The highest BCUT2D eigenvalue weighted by atomic mass is 32.1. The molecule has 5 nitrogen and oxygen atoms in total.